The van der Waals surface area contributed by atoms with E-state index in [1.807, 2.05) is 44.0 Å². The van der Waals surface area contributed by atoms with Crippen LogP contribution in [0.3, 0.4) is 0 Å². The van der Waals surface area contributed by atoms with Gasteiger partial charge in [-0.25, -0.2) is 0 Å². The first-order valence-corrected chi connectivity index (χ1v) is 7.62. The van der Waals surface area contributed by atoms with Gasteiger partial charge in [0.05, 0.1) is 5.41 Å². The van der Waals surface area contributed by atoms with Crippen LogP contribution in [0, 0.1) is 0 Å². The van der Waals surface area contributed by atoms with Gasteiger partial charge in [0, 0.05) is 13.6 Å². The lowest BCUT2D eigenvalue weighted by Crippen LogP contribution is -2.41. The van der Waals surface area contributed by atoms with Crippen molar-refractivity contribution in [3.8, 4) is 11.5 Å². The summed E-state index contributed by atoms with van der Waals surface area (Å²) in [6, 6.07) is 5.78. The Bertz CT molecular complexity index is 511. The lowest BCUT2D eigenvalue weighted by molar-refractivity contribution is -0.135. The van der Waals surface area contributed by atoms with Crippen molar-refractivity contribution < 1.29 is 14.3 Å². The van der Waals surface area contributed by atoms with E-state index in [0.29, 0.717) is 13.2 Å². The zero-order valence-corrected chi connectivity index (χ0v) is 13.4. The van der Waals surface area contributed by atoms with Crippen LogP contribution in [-0.4, -0.2) is 37.6 Å². The minimum absolute atomic E-state index is 0.132. The smallest absolute Gasteiger partial charge is 0.232 e. The Morgan fingerprint density at radius 2 is 1.90 bits per heavy atom. The Morgan fingerprint density at radius 3 is 2.57 bits per heavy atom. The van der Waals surface area contributed by atoms with Crippen molar-refractivity contribution >= 4 is 5.91 Å². The molecule has 4 nitrogen and oxygen atoms in total. The average molecular weight is 291 g/mol. The summed E-state index contributed by atoms with van der Waals surface area (Å²) in [5.41, 5.74) is 0.387. The van der Waals surface area contributed by atoms with Crippen molar-refractivity contribution in [1.82, 2.24) is 4.90 Å². The van der Waals surface area contributed by atoms with E-state index in [1.54, 1.807) is 0 Å². The minimum Gasteiger partial charge on any atom is -0.486 e. The van der Waals surface area contributed by atoms with Gasteiger partial charge in [-0.05, 0) is 38.0 Å². The van der Waals surface area contributed by atoms with E-state index < -0.39 is 5.41 Å². The maximum Gasteiger partial charge on any atom is 0.232 e. The molecule has 1 aliphatic rings. The third-order valence-corrected chi connectivity index (χ3v) is 3.99. The van der Waals surface area contributed by atoms with Crippen LogP contribution >= 0.6 is 0 Å². The molecule has 2 rings (SSSR count). The monoisotopic (exact) mass is 291 g/mol. The van der Waals surface area contributed by atoms with Crippen LogP contribution in [0.5, 0.6) is 11.5 Å². The molecule has 0 radical (unpaired) electrons. The second-order valence-electron chi connectivity index (χ2n) is 6.06. The van der Waals surface area contributed by atoms with Crippen molar-refractivity contribution in [2.24, 2.45) is 0 Å². The zero-order chi connectivity index (χ0) is 15.5. The molecule has 1 amide bonds. The fraction of sp³-hybridized carbons (Fsp3) is 0.588. The summed E-state index contributed by atoms with van der Waals surface area (Å²) >= 11 is 0. The number of amides is 1. The van der Waals surface area contributed by atoms with Crippen molar-refractivity contribution in [2.75, 3.05) is 26.8 Å². The van der Waals surface area contributed by atoms with Crippen LogP contribution in [0.4, 0.5) is 0 Å². The van der Waals surface area contributed by atoms with Gasteiger partial charge >= 0.3 is 0 Å². The predicted molar refractivity (Wildman–Crippen MR) is 83.0 cm³/mol. The quantitative estimate of drug-likeness (QED) is 0.837. The molecule has 0 atom stereocenters. The lowest BCUT2D eigenvalue weighted by atomic mass is 9.83. The summed E-state index contributed by atoms with van der Waals surface area (Å²) in [4.78, 5) is 14.5. The molecule has 21 heavy (non-hydrogen) atoms. The number of unbranched alkanes of at least 4 members (excludes halogenated alkanes) is 1. The molecule has 0 saturated heterocycles. The molecule has 0 fully saturated rings. The van der Waals surface area contributed by atoms with E-state index >= 15 is 0 Å². The number of rotatable bonds is 5. The molecule has 1 aromatic rings. The second kappa shape index (κ2) is 6.37. The largest absolute Gasteiger partial charge is 0.486 e. The summed E-state index contributed by atoms with van der Waals surface area (Å²) in [6.07, 6.45) is 2.11. The highest BCUT2D eigenvalue weighted by Gasteiger charge is 2.33. The third kappa shape index (κ3) is 3.31. The molecule has 0 aromatic heterocycles. The molecular weight excluding hydrogens is 266 g/mol. The van der Waals surface area contributed by atoms with Crippen LogP contribution in [0.2, 0.25) is 0 Å². The molecule has 0 aliphatic carbocycles. The predicted octanol–water partition coefficient (Wildman–Crippen LogP) is 2.99. The molecule has 1 heterocycles. The number of likely N-dealkylation sites (N-methyl/N-ethyl adjacent to an activating group) is 1. The number of hydrogen-bond donors (Lipinski definition) is 0. The first-order chi connectivity index (χ1) is 9.96. The Balaban J connectivity index is 2.20. The fourth-order valence-corrected chi connectivity index (χ4v) is 2.53. The molecule has 0 spiro atoms. The number of carbonyl (C=O) groups is 1. The van der Waals surface area contributed by atoms with E-state index in [2.05, 4.69) is 6.92 Å². The van der Waals surface area contributed by atoms with Gasteiger partial charge < -0.3 is 14.4 Å². The van der Waals surface area contributed by atoms with Gasteiger partial charge in [-0.2, -0.15) is 0 Å². The summed E-state index contributed by atoms with van der Waals surface area (Å²) in [6.45, 7) is 7.98. The van der Waals surface area contributed by atoms with Crippen LogP contribution < -0.4 is 9.47 Å². The van der Waals surface area contributed by atoms with Gasteiger partial charge in [0.25, 0.3) is 0 Å². The Morgan fingerprint density at radius 1 is 1.24 bits per heavy atom. The molecule has 0 saturated carbocycles. The van der Waals surface area contributed by atoms with Crippen LogP contribution in [0.25, 0.3) is 0 Å². The van der Waals surface area contributed by atoms with Gasteiger partial charge in [-0.1, -0.05) is 19.4 Å². The van der Waals surface area contributed by atoms with Crippen LogP contribution in [0.1, 0.15) is 39.2 Å². The van der Waals surface area contributed by atoms with Gasteiger partial charge in [0.2, 0.25) is 5.91 Å². The SMILES string of the molecule is CCCCN(C)C(=O)C(C)(C)c1ccc2c(c1)OCCO2. The van der Waals surface area contributed by atoms with E-state index in [4.69, 9.17) is 9.47 Å². The molecular formula is C17H25NO3. The first-order valence-electron chi connectivity index (χ1n) is 7.62. The zero-order valence-electron chi connectivity index (χ0n) is 13.4. The molecule has 0 bridgehead atoms. The fourth-order valence-electron chi connectivity index (χ4n) is 2.53. The van der Waals surface area contributed by atoms with Crippen molar-refractivity contribution in [3.05, 3.63) is 23.8 Å². The van der Waals surface area contributed by atoms with Crippen molar-refractivity contribution in [2.45, 2.75) is 39.0 Å². The molecule has 0 unspecified atom stereocenters. The number of benzene rings is 1. The van der Waals surface area contributed by atoms with Gasteiger partial charge in [0.15, 0.2) is 11.5 Å². The standard InChI is InChI=1S/C17H25NO3/c1-5-6-9-18(4)16(19)17(2,3)13-7-8-14-15(12-13)21-11-10-20-14/h7-8,12H,5-6,9-11H2,1-4H3. The molecule has 116 valence electrons. The Hall–Kier alpha value is -1.71. The van der Waals surface area contributed by atoms with Gasteiger partial charge in [0.1, 0.15) is 13.2 Å². The number of nitrogens with zero attached hydrogens (tertiary/aromatic N) is 1. The molecule has 0 N–H and O–H groups in total. The normalized spacial score (nSPS) is 13.9. The first kappa shape index (κ1) is 15.7. The van der Waals surface area contributed by atoms with Crippen LogP contribution in [0.15, 0.2) is 18.2 Å². The van der Waals surface area contributed by atoms with Crippen LogP contribution in [-0.2, 0) is 10.2 Å². The van der Waals surface area contributed by atoms with E-state index in [9.17, 15) is 4.79 Å². The van der Waals surface area contributed by atoms with E-state index in [0.717, 1.165) is 36.4 Å². The summed E-state index contributed by atoms with van der Waals surface area (Å²) in [5, 5.41) is 0. The summed E-state index contributed by atoms with van der Waals surface area (Å²) < 4.78 is 11.1. The topological polar surface area (TPSA) is 38.8 Å². The Labute approximate surface area is 127 Å². The lowest BCUT2D eigenvalue weighted by Gasteiger charge is -2.31. The van der Waals surface area contributed by atoms with E-state index in [-0.39, 0.29) is 5.91 Å². The van der Waals surface area contributed by atoms with Crippen molar-refractivity contribution in [3.63, 3.8) is 0 Å². The van der Waals surface area contributed by atoms with E-state index in [1.165, 1.54) is 0 Å². The number of ether oxygens (including phenoxy) is 2. The maximum absolute atomic E-state index is 12.7. The number of hydrogen-bond acceptors (Lipinski definition) is 3. The number of carbonyl (C=O) groups excluding carboxylic acids is 1. The molecule has 1 aromatic carbocycles. The number of fused-ring (bicyclic) bond motifs is 1. The Kier molecular flexibility index (Phi) is 4.76. The third-order valence-electron chi connectivity index (χ3n) is 3.99. The molecule has 1 aliphatic heterocycles. The highest BCUT2D eigenvalue weighted by Crippen LogP contribution is 2.35. The highest BCUT2D eigenvalue weighted by molar-refractivity contribution is 5.87. The summed E-state index contributed by atoms with van der Waals surface area (Å²) in [7, 11) is 1.87. The van der Waals surface area contributed by atoms with Crippen molar-refractivity contribution in [1.29, 1.82) is 0 Å². The van der Waals surface area contributed by atoms with Gasteiger partial charge in [-0.15, -0.1) is 0 Å². The maximum atomic E-state index is 12.7. The minimum atomic E-state index is -0.571. The average Bonchev–Trinajstić information content (AvgIpc) is 2.51. The van der Waals surface area contributed by atoms with Gasteiger partial charge in [-0.3, -0.25) is 4.79 Å². The molecule has 4 heteroatoms. The second-order valence-corrected chi connectivity index (χ2v) is 6.06. The summed E-state index contributed by atoms with van der Waals surface area (Å²) in [5.74, 6) is 1.62. The highest BCUT2D eigenvalue weighted by atomic mass is 16.6.